The molecule has 0 atom stereocenters. The molecule has 2 rings (SSSR count). The SMILES string of the molecule is Oc1ccccc1CN1CCSC1. The van der Waals surface area contributed by atoms with Gasteiger partial charge in [0.2, 0.25) is 0 Å². The van der Waals surface area contributed by atoms with Gasteiger partial charge >= 0.3 is 0 Å². The van der Waals surface area contributed by atoms with Gasteiger partial charge in [0.05, 0.1) is 0 Å². The van der Waals surface area contributed by atoms with Crippen LogP contribution in [0.4, 0.5) is 0 Å². The van der Waals surface area contributed by atoms with E-state index in [-0.39, 0.29) is 0 Å². The zero-order chi connectivity index (χ0) is 9.10. The minimum Gasteiger partial charge on any atom is -0.508 e. The number of benzene rings is 1. The van der Waals surface area contributed by atoms with Gasteiger partial charge in [0.25, 0.3) is 0 Å². The Bertz CT molecular complexity index is 284. The molecule has 1 aliphatic rings. The number of para-hydroxylation sites is 1. The molecule has 1 aromatic carbocycles. The van der Waals surface area contributed by atoms with Gasteiger partial charge in [-0.2, -0.15) is 0 Å². The molecule has 1 N–H and O–H groups in total. The van der Waals surface area contributed by atoms with Gasteiger partial charge in [-0.05, 0) is 6.07 Å². The first-order valence-electron chi connectivity index (χ1n) is 4.43. The van der Waals surface area contributed by atoms with Crippen LogP contribution in [0.25, 0.3) is 0 Å². The number of thioether (sulfide) groups is 1. The summed E-state index contributed by atoms with van der Waals surface area (Å²) in [5.41, 5.74) is 1.03. The summed E-state index contributed by atoms with van der Waals surface area (Å²) >= 11 is 1.95. The maximum atomic E-state index is 9.54. The van der Waals surface area contributed by atoms with Crippen molar-refractivity contribution in [2.45, 2.75) is 6.54 Å². The van der Waals surface area contributed by atoms with Gasteiger partial charge < -0.3 is 5.11 Å². The predicted molar refractivity (Wildman–Crippen MR) is 55.8 cm³/mol. The van der Waals surface area contributed by atoms with Crippen molar-refractivity contribution in [1.29, 1.82) is 0 Å². The minimum absolute atomic E-state index is 0.416. The Balaban J connectivity index is 2.04. The van der Waals surface area contributed by atoms with Crippen LogP contribution in [0.1, 0.15) is 5.56 Å². The van der Waals surface area contributed by atoms with Crippen molar-refractivity contribution in [3.8, 4) is 5.75 Å². The lowest BCUT2D eigenvalue weighted by atomic mass is 10.2. The van der Waals surface area contributed by atoms with E-state index in [2.05, 4.69) is 4.90 Å². The van der Waals surface area contributed by atoms with Crippen LogP contribution in [-0.4, -0.2) is 28.2 Å². The molecule has 1 aliphatic heterocycles. The van der Waals surface area contributed by atoms with Crippen molar-refractivity contribution in [3.63, 3.8) is 0 Å². The topological polar surface area (TPSA) is 23.5 Å². The Hall–Kier alpha value is -0.670. The molecule has 0 bridgehead atoms. The highest BCUT2D eigenvalue weighted by atomic mass is 32.2. The van der Waals surface area contributed by atoms with Gasteiger partial charge in [-0.15, -0.1) is 11.8 Å². The molecule has 1 fully saturated rings. The van der Waals surface area contributed by atoms with E-state index in [0.717, 1.165) is 24.5 Å². The molecule has 3 heteroatoms. The smallest absolute Gasteiger partial charge is 0.120 e. The summed E-state index contributed by atoms with van der Waals surface area (Å²) in [5, 5.41) is 9.54. The van der Waals surface area contributed by atoms with E-state index in [9.17, 15) is 5.11 Å². The van der Waals surface area contributed by atoms with Crippen molar-refractivity contribution < 1.29 is 5.11 Å². The van der Waals surface area contributed by atoms with Crippen LogP contribution in [0.5, 0.6) is 5.75 Å². The summed E-state index contributed by atoms with van der Waals surface area (Å²) < 4.78 is 0. The molecule has 1 aromatic rings. The second-order valence-electron chi connectivity index (χ2n) is 3.22. The Morgan fingerprint density at radius 3 is 2.92 bits per heavy atom. The standard InChI is InChI=1S/C10H13NOS/c12-10-4-2-1-3-9(10)7-11-5-6-13-8-11/h1-4,12H,5-8H2. The molecule has 0 aliphatic carbocycles. The summed E-state index contributed by atoms with van der Waals surface area (Å²) in [7, 11) is 0. The van der Waals surface area contributed by atoms with Gasteiger partial charge in [0.1, 0.15) is 5.75 Å². The zero-order valence-corrected chi connectivity index (χ0v) is 8.26. The van der Waals surface area contributed by atoms with Crippen LogP contribution in [0.2, 0.25) is 0 Å². The summed E-state index contributed by atoms with van der Waals surface area (Å²) in [5.74, 6) is 2.72. The quantitative estimate of drug-likeness (QED) is 0.779. The number of rotatable bonds is 2. The minimum atomic E-state index is 0.416. The first kappa shape index (κ1) is 8.91. The van der Waals surface area contributed by atoms with Crippen LogP contribution in [0.3, 0.4) is 0 Å². The molecule has 1 heterocycles. The fourth-order valence-electron chi connectivity index (χ4n) is 1.46. The van der Waals surface area contributed by atoms with Crippen molar-refractivity contribution >= 4 is 11.8 Å². The molecule has 2 nitrogen and oxygen atoms in total. The zero-order valence-electron chi connectivity index (χ0n) is 7.44. The Kier molecular flexibility index (Phi) is 2.76. The monoisotopic (exact) mass is 195 g/mol. The number of phenols is 1. The molecule has 0 saturated carbocycles. The second-order valence-corrected chi connectivity index (χ2v) is 4.29. The van der Waals surface area contributed by atoms with Crippen LogP contribution >= 0.6 is 11.8 Å². The molecule has 0 radical (unpaired) electrons. The lowest BCUT2D eigenvalue weighted by Gasteiger charge is -2.14. The third-order valence-electron chi connectivity index (χ3n) is 2.21. The molecular formula is C10H13NOS. The third kappa shape index (κ3) is 2.17. The van der Waals surface area contributed by atoms with Crippen LogP contribution in [-0.2, 0) is 6.54 Å². The molecule has 0 unspecified atom stereocenters. The molecular weight excluding hydrogens is 182 g/mol. The molecule has 70 valence electrons. The van der Waals surface area contributed by atoms with Gasteiger partial charge in [-0.3, -0.25) is 4.90 Å². The Labute approximate surface area is 82.6 Å². The van der Waals surface area contributed by atoms with Crippen molar-refractivity contribution in [2.24, 2.45) is 0 Å². The number of hydrogen-bond acceptors (Lipinski definition) is 3. The number of aromatic hydroxyl groups is 1. The highest BCUT2D eigenvalue weighted by Crippen LogP contribution is 2.21. The van der Waals surface area contributed by atoms with Crippen molar-refractivity contribution in [1.82, 2.24) is 4.90 Å². The van der Waals surface area contributed by atoms with E-state index >= 15 is 0 Å². The summed E-state index contributed by atoms with van der Waals surface area (Å²) in [6.45, 7) is 2.01. The predicted octanol–water partition coefficient (Wildman–Crippen LogP) is 1.90. The van der Waals surface area contributed by atoms with E-state index in [4.69, 9.17) is 0 Å². The maximum Gasteiger partial charge on any atom is 0.120 e. The van der Waals surface area contributed by atoms with Crippen LogP contribution in [0, 0.1) is 0 Å². The first-order chi connectivity index (χ1) is 6.36. The molecule has 13 heavy (non-hydrogen) atoms. The average Bonchev–Trinajstić information content (AvgIpc) is 2.61. The van der Waals surface area contributed by atoms with Crippen molar-refractivity contribution in [3.05, 3.63) is 29.8 Å². The average molecular weight is 195 g/mol. The molecule has 0 aromatic heterocycles. The van der Waals surface area contributed by atoms with Crippen molar-refractivity contribution in [2.75, 3.05) is 18.2 Å². The summed E-state index contributed by atoms with van der Waals surface area (Å²) in [4.78, 5) is 2.35. The van der Waals surface area contributed by atoms with Crippen LogP contribution < -0.4 is 0 Å². The lowest BCUT2D eigenvalue weighted by Crippen LogP contribution is -2.18. The highest BCUT2D eigenvalue weighted by molar-refractivity contribution is 7.99. The van der Waals surface area contributed by atoms with E-state index in [1.807, 2.05) is 30.0 Å². The number of nitrogens with zero attached hydrogens (tertiary/aromatic N) is 1. The fraction of sp³-hybridized carbons (Fsp3) is 0.400. The summed E-state index contributed by atoms with van der Waals surface area (Å²) in [6.07, 6.45) is 0. The highest BCUT2D eigenvalue weighted by Gasteiger charge is 2.13. The van der Waals surface area contributed by atoms with Gasteiger partial charge in [-0.1, -0.05) is 18.2 Å². The summed E-state index contributed by atoms with van der Waals surface area (Å²) in [6, 6.07) is 7.56. The van der Waals surface area contributed by atoms with E-state index in [1.54, 1.807) is 6.07 Å². The second kappa shape index (κ2) is 4.03. The van der Waals surface area contributed by atoms with Crippen LogP contribution in [0.15, 0.2) is 24.3 Å². The maximum absolute atomic E-state index is 9.54. The number of phenolic OH excluding ortho intramolecular Hbond substituents is 1. The first-order valence-corrected chi connectivity index (χ1v) is 5.59. The van der Waals surface area contributed by atoms with E-state index < -0.39 is 0 Å². The van der Waals surface area contributed by atoms with Gasteiger partial charge in [0.15, 0.2) is 0 Å². The fourth-order valence-corrected chi connectivity index (χ4v) is 2.46. The molecule has 1 saturated heterocycles. The lowest BCUT2D eigenvalue weighted by molar-refractivity contribution is 0.340. The normalized spacial score (nSPS) is 17.8. The van der Waals surface area contributed by atoms with Gasteiger partial charge in [-0.25, -0.2) is 0 Å². The Morgan fingerprint density at radius 1 is 1.38 bits per heavy atom. The van der Waals surface area contributed by atoms with E-state index in [1.165, 1.54) is 5.75 Å². The number of hydrogen-bond donors (Lipinski definition) is 1. The largest absolute Gasteiger partial charge is 0.508 e. The Morgan fingerprint density at radius 2 is 2.23 bits per heavy atom. The van der Waals surface area contributed by atoms with Gasteiger partial charge in [0, 0.05) is 30.3 Å². The third-order valence-corrected chi connectivity index (χ3v) is 3.23. The van der Waals surface area contributed by atoms with E-state index in [0.29, 0.717) is 5.75 Å². The molecule has 0 spiro atoms. The molecule has 0 amide bonds.